The maximum atomic E-state index is 11.0. The molecule has 0 amide bonds. The van der Waals surface area contributed by atoms with Gasteiger partial charge < -0.3 is 10.0 Å². The summed E-state index contributed by atoms with van der Waals surface area (Å²) in [6, 6.07) is 5.01. The van der Waals surface area contributed by atoms with E-state index in [2.05, 4.69) is 15.9 Å². The van der Waals surface area contributed by atoms with Crippen molar-refractivity contribution in [2.45, 2.75) is 19.9 Å². The largest absolute Gasteiger partial charge is 0.395 e. The molecule has 0 radical (unpaired) electrons. The SMILES string of the molecule is CC(C)N(CCO)c1ccc(Br)cc1[N+](=O)[O-]. The Hall–Kier alpha value is -1.14. The molecule has 0 spiro atoms. The average Bonchev–Trinajstić information content (AvgIpc) is 2.26. The van der Waals surface area contributed by atoms with Gasteiger partial charge in [0, 0.05) is 23.1 Å². The van der Waals surface area contributed by atoms with Gasteiger partial charge in [0.1, 0.15) is 5.69 Å². The number of halogens is 1. The van der Waals surface area contributed by atoms with Crippen molar-refractivity contribution in [3.05, 3.63) is 32.8 Å². The Kier molecular flexibility index (Phi) is 4.89. The van der Waals surface area contributed by atoms with Crippen molar-refractivity contribution < 1.29 is 10.0 Å². The molecule has 0 unspecified atom stereocenters. The molecule has 0 atom stereocenters. The van der Waals surface area contributed by atoms with E-state index in [0.29, 0.717) is 16.7 Å². The van der Waals surface area contributed by atoms with Gasteiger partial charge in [0.25, 0.3) is 5.69 Å². The fourth-order valence-corrected chi connectivity index (χ4v) is 2.00. The smallest absolute Gasteiger partial charge is 0.293 e. The van der Waals surface area contributed by atoms with E-state index in [1.54, 1.807) is 12.1 Å². The number of aliphatic hydroxyl groups excluding tert-OH is 1. The lowest BCUT2D eigenvalue weighted by molar-refractivity contribution is -0.384. The third kappa shape index (κ3) is 3.41. The first-order valence-electron chi connectivity index (χ1n) is 5.28. The number of nitro benzene ring substituents is 1. The maximum Gasteiger partial charge on any atom is 0.293 e. The first-order valence-corrected chi connectivity index (χ1v) is 6.08. The van der Waals surface area contributed by atoms with E-state index in [1.807, 2.05) is 18.7 Å². The third-order valence-corrected chi connectivity index (χ3v) is 2.90. The molecule has 6 heteroatoms. The molecular weight excluding hydrogens is 288 g/mol. The van der Waals surface area contributed by atoms with Crippen LogP contribution in [0.15, 0.2) is 22.7 Å². The number of anilines is 1. The minimum Gasteiger partial charge on any atom is -0.395 e. The number of rotatable bonds is 5. The molecule has 1 N–H and O–H groups in total. The molecule has 0 saturated carbocycles. The van der Waals surface area contributed by atoms with Crippen LogP contribution in [0.25, 0.3) is 0 Å². The number of nitro groups is 1. The van der Waals surface area contributed by atoms with Crippen LogP contribution in [0.5, 0.6) is 0 Å². The van der Waals surface area contributed by atoms with Gasteiger partial charge in [-0.25, -0.2) is 0 Å². The van der Waals surface area contributed by atoms with Crippen molar-refractivity contribution in [2.75, 3.05) is 18.1 Å². The minimum absolute atomic E-state index is 0.0363. The molecule has 0 saturated heterocycles. The molecule has 1 aromatic rings. The van der Waals surface area contributed by atoms with Crippen LogP contribution in [0.2, 0.25) is 0 Å². The molecule has 0 aromatic heterocycles. The minimum atomic E-state index is -0.410. The van der Waals surface area contributed by atoms with Crippen molar-refractivity contribution in [1.29, 1.82) is 0 Å². The summed E-state index contributed by atoms with van der Waals surface area (Å²) in [5, 5.41) is 20.0. The first kappa shape index (κ1) is 13.9. The predicted molar refractivity (Wildman–Crippen MR) is 70.4 cm³/mol. The summed E-state index contributed by atoms with van der Waals surface area (Å²) in [5.74, 6) is 0. The second-order valence-electron chi connectivity index (χ2n) is 3.90. The lowest BCUT2D eigenvalue weighted by Crippen LogP contribution is -2.33. The van der Waals surface area contributed by atoms with E-state index in [9.17, 15) is 10.1 Å². The van der Waals surface area contributed by atoms with Crippen LogP contribution in [-0.2, 0) is 0 Å². The molecule has 0 aliphatic heterocycles. The van der Waals surface area contributed by atoms with Crippen molar-refractivity contribution in [1.82, 2.24) is 0 Å². The molecule has 17 heavy (non-hydrogen) atoms. The highest BCUT2D eigenvalue weighted by atomic mass is 79.9. The summed E-state index contributed by atoms with van der Waals surface area (Å²) in [6.45, 7) is 4.20. The van der Waals surface area contributed by atoms with Crippen molar-refractivity contribution in [3.8, 4) is 0 Å². The van der Waals surface area contributed by atoms with E-state index >= 15 is 0 Å². The summed E-state index contributed by atoms with van der Waals surface area (Å²) in [5.41, 5.74) is 0.573. The van der Waals surface area contributed by atoms with Crippen LogP contribution in [0, 0.1) is 10.1 Å². The monoisotopic (exact) mass is 302 g/mol. The summed E-state index contributed by atoms with van der Waals surface area (Å²) < 4.78 is 0.667. The highest BCUT2D eigenvalue weighted by Crippen LogP contribution is 2.32. The molecule has 0 aliphatic rings. The Balaban J connectivity index is 3.22. The van der Waals surface area contributed by atoms with E-state index in [-0.39, 0.29) is 18.3 Å². The van der Waals surface area contributed by atoms with Crippen LogP contribution in [0.1, 0.15) is 13.8 Å². The second-order valence-corrected chi connectivity index (χ2v) is 4.82. The number of hydrogen-bond donors (Lipinski definition) is 1. The fourth-order valence-electron chi connectivity index (χ4n) is 1.65. The Morgan fingerprint density at radius 1 is 1.53 bits per heavy atom. The number of benzene rings is 1. The second kappa shape index (κ2) is 5.97. The van der Waals surface area contributed by atoms with E-state index in [1.165, 1.54) is 6.07 Å². The Bertz CT molecular complexity index is 410. The zero-order valence-corrected chi connectivity index (χ0v) is 11.3. The molecule has 0 bridgehead atoms. The zero-order valence-electron chi connectivity index (χ0n) is 9.76. The summed E-state index contributed by atoms with van der Waals surface area (Å²) in [4.78, 5) is 12.4. The van der Waals surface area contributed by atoms with Crippen LogP contribution in [-0.4, -0.2) is 29.2 Å². The van der Waals surface area contributed by atoms with Gasteiger partial charge in [0.15, 0.2) is 0 Å². The number of nitrogens with zero attached hydrogens (tertiary/aromatic N) is 2. The maximum absolute atomic E-state index is 11.0. The summed E-state index contributed by atoms with van der Waals surface area (Å²) >= 11 is 3.22. The highest BCUT2D eigenvalue weighted by molar-refractivity contribution is 9.10. The molecule has 0 fully saturated rings. The first-order chi connectivity index (χ1) is 7.97. The molecule has 94 valence electrons. The van der Waals surface area contributed by atoms with Gasteiger partial charge in [-0.3, -0.25) is 10.1 Å². The van der Waals surface area contributed by atoms with Gasteiger partial charge in [-0.05, 0) is 26.0 Å². The Morgan fingerprint density at radius 3 is 2.65 bits per heavy atom. The topological polar surface area (TPSA) is 66.6 Å². The van der Waals surface area contributed by atoms with Crippen molar-refractivity contribution in [3.63, 3.8) is 0 Å². The van der Waals surface area contributed by atoms with E-state index < -0.39 is 4.92 Å². The van der Waals surface area contributed by atoms with Crippen molar-refractivity contribution in [2.24, 2.45) is 0 Å². The number of aliphatic hydroxyl groups is 1. The van der Waals surface area contributed by atoms with Gasteiger partial charge in [-0.1, -0.05) is 15.9 Å². The Morgan fingerprint density at radius 2 is 2.18 bits per heavy atom. The van der Waals surface area contributed by atoms with E-state index in [0.717, 1.165) is 0 Å². The Labute approximate surface area is 108 Å². The van der Waals surface area contributed by atoms with E-state index in [4.69, 9.17) is 5.11 Å². The molecular formula is C11H15BrN2O3. The molecule has 0 aliphatic carbocycles. The van der Waals surface area contributed by atoms with Gasteiger partial charge in [0.2, 0.25) is 0 Å². The molecule has 0 heterocycles. The van der Waals surface area contributed by atoms with Crippen LogP contribution in [0.4, 0.5) is 11.4 Å². The zero-order chi connectivity index (χ0) is 13.0. The summed E-state index contributed by atoms with van der Waals surface area (Å²) in [7, 11) is 0. The lowest BCUT2D eigenvalue weighted by atomic mass is 10.2. The van der Waals surface area contributed by atoms with Gasteiger partial charge in [-0.2, -0.15) is 0 Å². The third-order valence-electron chi connectivity index (χ3n) is 2.41. The van der Waals surface area contributed by atoms with Gasteiger partial charge in [0.05, 0.1) is 11.5 Å². The molecule has 5 nitrogen and oxygen atoms in total. The van der Waals surface area contributed by atoms with Crippen LogP contribution in [0.3, 0.4) is 0 Å². The van der Waals surface area contributed by atoms with Crippen molar-refractivity contribution >= 4 is 27.3 Å². The highest BCUT2D eigenvalue weighted by Gasteiger charge is 2.21. The standard InChI is InChI=1S/C11H15BrN2O3/c1-8(2)13(5-6-15)10-4-3-9(12)7-11(10)14(16)17/h3-4,7-8,15H,5-6H2,1-2H3. The molecule has 1 rings (SSSR count). The van der Waals surface area contributed by atoms with Crippen LogP contribution >= 0.6 is 15.9 Å². The number of hydrogen-bond acceptors (Lipinski definition) is 4. The normalized spacial score (nSPS) is 10.6. The van der Waals surface area contributed by atoms with Crippen LogP contribution < -0.4 is 4.90 Å². The summed E-state index contributed by atoms with van der Waals surface area (Å²) in [6.07, 6.45) is 0. The molecule has 1 aromatic carbocycles. The van der Waals surface area contributed by atoms with Gasteiger partial charge in [-0.15, -0.1) is 0 Å². The quantitative estimate of drug-likeness (QED) is 0.670. The predicted octanol–water partition coefficient (Wildman–Crippen LogP) is 2.56. The van der Waals surface area contributed by atoms with Gasteiger partial charge >= 0.3 is 0 Å². The lowest BCUT2D eigenvalue weighted by Gasteiger charge is -2.27. The fraction of sp³-hybridized carbons (Fsp3) is 0.455. The average molecular weight is 303 g/mol.